The smallest absolute Gasteiger partial charge is 0.436 e. The van der Waals surface area contributed by atoms with Gasteiger partial charge in [0, 0.05) is 5.02 Å². The monoisotopic (exact) mass is 376 g/mol. The van der Waals surface area contributed by atoms with Crippen LogP contribution in [0.2, 0.25) is 5.02 Å². The van der Waals surface area contributed by atoms with Crippen LogP contribution in [0.3, 0.4) is 0 Å². The minimum Gasteiger partial charge on any atom is -0.436 e. The fourth-order valence-corrected chi connectivity index (χ4v) is 2.33. The summed E-state index contributed by atoms with van der Waals surface area (Å²) in [6.07, 6.45) is 1.19. The van der Waals surface area contributed by atoms with Crippen molar-refractivity contribution in [1.29, 1.82) is 0 Å². The van der Waals surface area contributed by atoms with Gasteiger partial charge in [-0.2, -0.15) is 0 Å². The van der Waals surface area contributed by atoms with E-state index in [-0.39, 0.29) is 0 Å². The van der Waals surface area contributed by atoms with Crippen molar-refractivity contribution in [2.45, 2.75) is 28.1 Å². The molecule has 1 amide bonds. The number of ether oxygens (including phenoxy) is 1. The van der Waals surface area contributed by atoms with E-state index in [0.29, 0.717) is 5.02 Å². The maximum Gasteiger partial charge on any atom is 0.449 e. The fourth-order valence-electron chi connectivity index (χ4n) is 1.13. The molecule has 0 fully saturated rings. The first-order chi connectivity index (χ1) is 9.03. The molecule has 1 atom stereocenters. The third-order valence-electron chi connectivity index (χ3n) is 2.43. The first-order valence-electron chi connectivity index (χ1n) is 5.51. The zero-order valence-corrected chi connectivity index (χ0v) is 14.9. The van der Waals surface area contributed by atoms with Crippen LogP contribution in [0.5, 0.6) is 0 Å². The molecular weight excluding hydrogens is 364 g/mol. The lowest BCUT2D eigenvalue weighted by atomic mass is 10.2. The van der Waals surface area contributed by atoms with Gasteiger partial charge < -0.3 is 4.74 Å². The van der Waals surface area contributed by atoms with Gasteiger partial charge in [0.2, 0.25) is 3.79 Å². The highest BCUT2D eigenvalue weighted by Gasteiger charge is 2.44. The highest BCUT2D eigenvalue weighted by Crippen LogP contribution is 2.40. The number of carbonyl (C=O) groups is 1. The van der Waals surface area contributed by atoms with Crippen molar-refractivity contribution >= 4 is 63.6 Å². The van der Waals surface area contributed by atoms with Gasteiger partial charge in [-0.05, 0) is 38.1 Å². The predicted octanol–water partition coefficient (Wildman–Crippen LogP) is 4.74. The Balaban J connectivity index is 2.65. The van der Waals surface area contributed by atoms with Crippen LogP contribution >= 0.6 is 46.4 Å². The first kappa shape index (κ1) is 18.1. The predicted molar refractivity (Wildman–Crippen MR) is 87.0 cm³/mol. The third-order valence-corrected chi connectivity index (χ3v) is 5.50. The van der Waals surface area contributed by atoms with Gasteiger partial charge in [0.15, 0.2) is 10.5 Å². The molecule has 0 heterocycles. The van der Waals surface area contributed by atoms with Crippen LogP contribution < -0.4 is 4.72 Å². The van der Waals surface area contributed by atoms with E-state index in [4.69, 9.17) is 51.1 Å². The Kier molecular flexibility index (Phi) is 6.17. The Hall–Kier alpha value is -0.000000000000000167. The molecule has 0 aliphatic heterocycles. The lowest BCUT2D eigenvalue weighted by Crippen LogP contribution is -2.45. The summed E-state index contributed by atoms with van der Waals surface area (Å²) in [6.45, 7) is 3.05. The zero-order chi connectivity index (χ0) is 15.6. The van der Waals surface area contributed by atoms with Crippen molar-refractivity contribution in [1.82, 2.24) is 4.72 Å². The molecule has 1 aromatic carbocycles. The molecule has 112 valence electrons. The van der Waals surface area contributed by atoms with Crippen molar-refractivity contribution < 1.29 is 9.53 Å². The van der Waals surface area contributed by atoms with Crippen molar-refractivity contribution in [2.24, 2.45) is 0 Å². The van der Waals surface area contributed by atoms with Crippen LogP contribution in [-0.4, -0.2) is 21.7 Å². The second kappa shape index (κ2) is 6.84. The Morgan fingerprint density at radius 3 is 2.15 bits per heavy atom. The van der Waals surface area contributed by atoms with Crippen LogP contribution in [0.15, 0.2) is 29.2 Å². The number of carbonyl (C=O) groups excluding carboxylic acids is 1. The summed E-state index contributed by atoms with van der Waals surface area (Å²) in [4.78, 5) is 12.7. The SMILES string of the molecule is C[S+](NC(=O)OC(C)(C)C(Cl)(Cl)Cl)c1ccc(Cl)cc1. The minimum absolute atomic E-state index is 0.546. The van der Waals surface area contributed by atoms with Gasteiger partial charge in [-0.15, -0.1) is 4.72 Å². The number of benzene rings is 1. The zero-order valence-electron chi connectivity index (χ0n) is 11.0. The van der Waals surface area contributed by atoms with E-state index < -0.39 is 26.6 Å². The van der Waals surface area contributed by atoms with Crippen molar-refractivity contribution in [3.63, 3.8) is 0 Å². The molecule has 1 aromatic rings. The molecular formula is C12H14Cl4NO2S+. The second-order valence-corrected chi connectivity index (χ2v) is 8.88. The number of amides is 1. The molecule has 0 saturated carbocycles. The van der Waals surface area contributed by atoms with Crippen LogP contribution in [0, 0.1) is 0 Å². The summed E-state index contributed by atoms with van der Waals surface area (Å²) >= 11 is 22.5. The largest absolute Gasteiger partial charge is 0.449 e. The van der Waals surface area contributed by atoms with E-state index in [1.54, 1.807) is 12.1 Å². The number of hydrogen-bond acceptors (Lipinski definition) is 2. The molecule has 3 nitrogen and oxygen atoms in total. The van der Waals surface area contributed by atoms with Gasteiger partial charge >= 0.3 is 6.09 Å². The average molecular weight is 378 g/mol. The molecule has 0 spiro atoms. The van der Waals surface area contributed by atoms with Crippen molar-refractivity contribution in [3.8, 4) is 0 Å². The maximum atomic E-state index is 11.8. The summed E-state index contributed by atoms with van der Waals surface area (Å²) in [6, 6.07) is 7.15. The molecule has 0 aliphatic rings. The third kappa shape index (κ3) is 5.08. The lowest BCUT2D eigenvalue weighted by Gasteiger charge is -2.31. The van der Waals surface area contributed by atoms with Gasteiger partial charge in [0.1, 0.15) is 17.3 Å². The van der Waals surface area contributed by atoms with Gasteiger partial charge in [-0.25, -0.2) is 4.79 Å². The Labute approximate surface area is 141 Å². The average Bonchev–Trinajstić information content (AvgIpc) is 2.27. The second-order valence-electron chi connectivity index (χ2n) is 4.46. The Bertz CT molecular complexity index is 473. The van der Waals surface area contributed by atoms with E-state index in [1.165, 1.54) is 13.8 Å². The number of hydrogen-bond donors (Lipinski definition) is 1. The molecule has 0 aromatic heterocycles. The standard InChI is InChI=1S/C12H13Cl4NO2S/c1-11(2,12(14,15)16)19-10(18)17-20(3)9-6-4-8(13)5-7-9/h4-7H,1-3H3/p+1. The van der Waals surface area contributed by atoms with E-state index in [1.807, 2.05) is 18.4 Å². The molecule has 1 unspecified atom stereocenters. The molecule has 0 aliphatic carbocycles. The fraction of sp³-hybridized carbons (Fsp3) is 0.417. The van der Waals surface area contributed by atoms with Gasteiger partial charge in [0.05, 0.1) is 0 Å². The quantitative estimate of drug-likeness (QED) is 0.610. The van der Waals surface area contributed by atoms with E-state index in [9.17, 15) is 4.79 Å². The highest BCUT2D eigenvalue weighted by molar-refractivity contribution is 7.94. The van der Waals surface area contributed by atoms with Gasteiger partial charge in [-0.1, -0.05) is 46.4 Å². The number of nitrogens with one attached hydrogen (secondary N) is 1. The minimum atomic E-state index is -1.71. The molecule has 0 radical (unpaired) electrons. The molecule has 1 rings (SSSR count). The van der Waals surface area contributed by atoms with Crippen LogP contribution in [0.4, 0.5) is 4.79 Å². The summed E-state index contributed by atoms with van der Waals surface area (Å²) in [5, 5.41) is 0.630. The van der Waals surface area contributed by atoms with Crippen LogP contribution in [0.25, 0.3) is 0 Å². The highest BCUT2D eigenvalue weighted by atomic mass is 35.6. The number of halogens is 4. The number of alkyl halides is 3. The van der Waals surface area contributed by atoms with Gasteiger partial charge in [-0.3, -0.25) is 0 Å². The van der Waals surface area contributed by atoms with Crippen LogP contribution in [0.1, 0.15) is 13.8 Å². The first-order valence-corrected chi connectivity index (χ1v) is 8.65. The Morgan fingerprint density at radius 2 is 1.70 bits per heavy atom. The summed E-state index contributed by atoms with van der Waals surface area (Å²) < 4.78 is 6.13. The van der Waals surface area contributed by atoms with E-state index >= 15 is 0 Å². The number of rotatable bonds is 3. The van der Waals surface area contributed by atoms with Crippen LogP contribution in [-0.2, 0) is 15.8 Å². The lowest BCUT2D eigenvalue weighted by molar-refractivity contribution is 0.0460. The van der Waals surface area contributed by atoms with E-state index in [2.05, 4.69) is 4.72 Å². The molecule has 0 bridgehead atoms. The Morgan fingerprint density at radius 1 is 1.20 bits per heavy atom. The summed E-state index contributed by atoms with van der Waals surface area (Å²) in [5.74, 6) is 0. The molecule has 1 N–H and O–H groups in total. The van der Waals surface area contributed by atoms with Crippen molar-refractivity contribution in [3.05, 3.63) is 29.3 Å². The van der Waals surface area contributed by atoms with Gasteiger partial charge in [0.25, 0.3) is 0 Å². The topological polar surface area (TPSA) is 38.3 Å². The van der Waals surface area contributed by atoms with E-state index in [0.717, 1.165) is 4.90 Å². The summed E-state index contributed by atoms with van der Waals surface area (Å²) in [7, 11) is 0. The molecule has 20 heavy (non-hydrogen) atoms. The molecule has 0 saturated heterocycles. The molecule has 8 heteroatoms. The summed E-state index contributed by atoms with van der Waals surface area (Å²) in [5.41, 5.74) is -1.24. The maximum absolute atomic E-state index is 11.8. The normalized spacial score (nSPS) is 13.8. The van der Waals surface area contributed by atoms with Crippen molar-refractivity contribution in [2.75, 3.05) is 6.26 Å².